The molecule has 354 valence electrons. The van der Waals surface area contributed by atoms with Crippen LogP contribution in [0.3, 0.4) is 0 Å². The van der Waals surface area contributed by atoms with Gasteiger partial charge < -0.3 is 52.5 Å². The zero-order chi connectivity index (χ0) is 46.9. The molecule has 0 amide bonds. The van der Waals surface area contributed by atoms with E-state index in [-0.39, 0.29) is 39.6 Å². The third-order valence-electron chi connectivity index (χ3n) is 11.6. The maximum atomic E-state index is 14.6. The summed E-state index contributed by atoms with van der Waals surface area (Å²) in [6, 6.07) is 56.3. The van der Waals surface area contributed by atoms with Gasteiger partial charge in [-0.15, -0.1) is 0 Å². The molecule has 2 heterocycles. The Morgan fingerprint density at radius 3 is 1.09 bits per heavy atom. The molecule has 2 aliphatic heterocycles. The van der Waals surface area contributed by atoms with Crippen LogP contribution in [-0.2, 0) is 96.6 Å². The van der Waals surface area contributed by atoms with Crippen molar-refractivity contribution in [3.05, 3.63) is 215 Å². The van der Waals surface area contributed by atoms with Gasteiger partial charge in [-0.2, -0.15) is 0 Å². The Kier molecular flexibility index (Phi) is 17.6. The normalized spacial score (nSPS) is 24.7. The Bertz CT molecular complexity index is 2400. The maximum Gasteiger partial charge on any atom is 0.338 e. The van der Waals surface area contributed by atoms with E-state index in [1.807, 2.05) is 182 Å². The molecule has 13 nitrogen and oxygen atoms in total. The zero-order valence-electron chi connectivity index (χ0n) is 37.7. The maximum absolute atomic E-state index is 14.6. The number of ether oxygens (including phenoxy) is 10. The van der Waals surface area contributed by atoms with Crippen molar-refractivity contribution in [1.82, 2.24) is 0 Å². The molecule has 10 atom stereocenters. The van der Waals surface area contributed by atoms with Crippen molar-refractivity contribution in [3.8, 4) is 0 Å². The number of hydrogen-bond donors (Lipinski definition) is 1. The van der Waals surface area contributed by atoms with Crippen LogP contribution in [0.15, 0.2) is 182 Å². The van der Waals surface area contributed by atoms with E-state index in [0.717, 1.165) is 33.4 Å². The van der Waals surface area contributed by atoms with Gasteiger partial charge in [0.2, 0.25) is 0 Å². The predicted molar refractivity (Wildman–Crippen MR) is 248 cm³/mol. The summed E-state index contributed by atoms with van der Waals surface area (Å²) >= 11 is 0. The largest absolute Gasteiger partial charge is 0.459 e. The van der Waals surface area contributed by atoms with Crippen LogP contribution in [0.1, 0.15) is 33.4 Å². The van der Waals surface area contributed by atoms with Crippen molar-refractivity contribution in [1.29, 1.82) is 0 Å². The van der Waals surface area contributed by atoms with Crippen LogP contribution in [0.25, 0.3) is 0 Å². The van der Waals surface area contributed by atoms with E-state index in [1.165, 1.54) is 7.11 Å². The second-order valence-corrected chi connectivity index (χ2v) is 16.4. The highest BCUT2D eigenvalue weighted by Gasteiger charge is 2.57. The first-order chi connectivity index (χ1) is 33.4. The molecule has 0 aliphatic carbocycles. The lowest BCUT2D eigenvalue weighted by Crippen LogP contribution is -2.67. The van der Waals surface area contributed by atoms with Crippen LogP contribution in [0.5, 0.6) is 0 Å². The zero-order valence-corrected chi connectivity index (χ0v) is 37.7. The first-order valence-electron chi connectivity index (χ1n) is 22.6. The molecule has 0 unspecified atom stereocenters. The Hall–Kier alpha value is -6.10. The third kappa shape index (κ3) is 13.1. The van der Waals surface area contributed by atoms with E-state index in [1.54, 1.807) is 0 Å². The van der Waals surface area contributed by atoms with Gasteiger partial charge in [-0.3, -0.25) is 0 Å². The van der Waals surface area contributed by atoms with Crippen molar-refractivity contribution in [2.75, 3.05) is 7.11 Å². The van der Waals surface area contributed by atoms with Crippen LogP contribution >= 0.6 is 0 Å². The fourth-order valence-electron chi connectivity index (χ4n) is 8.04. The van der Waals surface area contributed by atoms with Crippen LogP contribution in [-0.4, -0.2) is 85.6 Å². The molecular formula is C55H56O13. The minimum absolute atomic E-state index is 0.0287. The van der Waals surface area contributed by atoms with Crippen LogP contribution in [0, 0.1) is 0 Å². The second kappa shape index (κ2) is 24.8. The smallest absolute Gasteiger partial charge is 0.338 e. The number of carbonyl (C=O) groups is 2. The topological polar surface area (TPSA) is 147 Å². The Balaban J connectivity index is 1.18. The molecule has 13 heteroatoms. The van der Waals surface area contributed by atoms with Crippen LogP contribution in [0.4, 0.5) is 0 Å². The molecule has 6 aromatic rings. The lowest BCUT2D eigenvalue weighted by Gasteiger charge is -2.48. The quantitative estimate of drug-likeness (QED) is 0.0706. The lowest BCUT2D eigenvalue weighted by molar-refractivity contribution is -0.364. The number of methoxy groups -OCH3 is 1. The summed E-state index contributed by atoms with van der Waals surface area (Å²) in [4.78, 5) is 28.7. The number of benzene rings is 6. The summed E-state index contributed by atoms with van der Waals surface area (Å²) in [7, 11) is 1.45. The molecule has 0 spiro atoms. The van der Waals surface area contributed by atoms with Gasteiger partial charge in [0.05, 0.1) is 26.4 Å². The molecule has 0 saturated carbocycles. The average Bonchev–Trinajstić information content (AvgIpc) is 3.39. The highest BCUT2D eigenvalue weighted by Crippen LogP contribution is 2.36. The molecule has 6 aromatic carbocycles. The van der Waals surface area contributed by atoms with Gasteiger partial charge in [0.25, 0.3) is 0 Å². The van der Waals surface area contributed by atoms with Crippen molar-refractivity contribution in [2.45, 2.75) is 101 Å². The Morgan fingerprint density at radius 1 is 0.397 bits per heavy atom. The summed E-state index contributed by atoms with van der Waals surface area (Å²) in [6.45, 7) is 0.0703. The van der Waals surface area contributed by atoms with Crippen molar-refractivity contribution >= 4 is 11.9 Å². The van der Waals surface area contributed by atoms with E-state index < -0.39 is 73.4 Å². The van der Waals surface area contributed by atoms with E-state index in [4.69, 9.17) is 47.4 Å². The van der Waals surface area contributed by atoms with E-state index >= 15 is 0 Å². The van der Waals surface area contributed by atoms with Gasteiger partial charge in [-0.05, 0) is 33.4 Å². The molecule has 8 rings (SSSR count). The molecule has 0 radical (unpaired) electrons. The minimum Gasteiger partial charge on any atom is -0.459 e. The van der Waals surface area contributed by atoms with Gasteiger partial charge in [0, 0.05) is 7.11 Å². The first-order valence-corrected chi connectivity index (χ1v) is 22.6. The number of aliphatic hydroxyl groups is 1. The van der Waals surface area contributed by atoms with Gasteiger partial charge in [-0.25, -0.2) is 9.59 Å². The van der Waals surface area contributed by atoms with Crippen LogP contribution in [0.2, 0.25) is 0 Å². The standard InChI is InChI=1S/C55H56O13/c1-59-54-51(63-35-41-26-14-5-15-27-41)47(61-33-39-22-10-3-11-23-39)48(49(68-54)53(58)65-37-43-30-18-7-19-31-43)67-55-50(62-34-40-24-12-4-13-25-40)45(60-32-38-20-8-2-9-21-38)44(56)46(66-55)52(57)64-36-42-28-16-6-17-29-42/h2-31,44-51,54-56H,32-37H2,1H3/t44-,45-,46-,47-,48-,49-,50-,51-,54+,55-/m0/s1. The fourth-order valence-corrected chi connectivity index (χ4v) is 8.04. The van der Waals surface area contributed by atoms with Gasteiger partial charge >= 0.3 is 11.9 Å². The number of esters is 2. The highest BCUT2D eigenvalue weighted by atomic mass is 16.8. The average molecular weight is 925 g/mol. The first kappa shape index (κ1) is 48.4. The number of hydrogen-bond acceptors (Lipinski definition) is 13. The third-order valence-corrected chi connectivity index (χ3v) is 11.6. The summed E-state index contributed by atoms with van der Waals surface area (Å²) in [6.07, 6.45) is -13.5. The number of aliphatic hydroxyl groups excluding tert-OH is 1. The molecular weight excluding hydrogens is 869 g/mol. The molecule has 2 aliphatic rings. The fraction of sp³-hybridized carbons (Fsp3) is 0.309. The number of carbonyl (C=O) groups excluding carboxylic acids is 2. The Labute approximate surface area is 396 Å². The lowest BCUT2D eigenvalue weighted by atomic mass is 9.95. The summed E-state index contributed by atoms with van der Waals surface area (Å²) < 4.78 is 64.3. The van der Waals surface area contributed by atoms with Gasteiger partial charge in [-0.1, -0.05) is 182 Å². The van der Waals surface area contributed by atoms with Gasteiger partial charge in [0.15, 0.2) is 24.8 Å². The predicted octanol–water partition coefficient (Wildman–Crippen LogP) is 7.66. The van der Waals surface area contributed by atoms with Crippen molar-refractivity contribution in [2.24, 2.45) is 0 Å². The Morgan fingerprint density at radius 2 is 0.706 bits per heavy atom. The molecule has 68 heavy (non-hydrogen) atoms. The SMILES string of the molecule is CO[C@@H]1O[C@H](C(=O)OCc2ccccc2)[C@@H](O[C@@H]2O[C@H](C(=O)OCc3ccccc3)[C@@H](O)[C@H](OCc3ccccc3)[C@@H]2OCc2ccccc2)[C@H](OCc2ccccc2)[C@@H]1OCc1ccccc1. The van der Waals surface area contributed by atoms with Crippen LogP contribution < -0.4 is 0 Å². The van der Waals surface area contributed by atoms with Gasteiger partial charge in [0.1, 0.15) is 49.8 Å². The summed E-state index contributed by atoms with van der Waals surface area (Å²) in [5.74, 6) is -1.66. The van der Waals surface area contributed by atoms with Crippen molar-refractivity contribution in [3.63, 3.8) is 0 Å². The van der Waals surface area contributed by atoms with E-state index in [0.29, 0.717) is 0 Å². The van der Waals surface area contributed by atoms with E-state index in [2.05, 4.69) is 0 Å². The molecule has 2 saturated heterocycles. The van der Waals surface area contributed by atoms with Crippen molar-refractivity contribution < 1.29 is 62.1 Å². The minimum atomic E-state index is -1.64. The summed E-state index contributed by atoms with van der Waals surface area (Å²) in [5, 5.41) is 12.2. The molecule has 0 aromatic heterocycles. The monoisotopic (exact) mass is 924 g/mol. The summed E-state index contributed by atoms with van der Waals surface area (Å²) in [5.41, 5.74) is 4.76. The molecule has 0 bridgehead atoms. The van der Waals surface area contributed by atoms with E-state index in [9.17, 15) is 14.7 Å². The molecule has 2 fully saturated rings. The highest BCUT2D eigenvalue weighted by molar-refractivity contribution is 5.76. The second-order valence-electron chi connectivity index (χ2n) is 16.4. The molecule has 1 N–H and O–H groups in total. The number of rotatable bonds is 21.